The van der Waals surface area contributed by atoms with Crippen LogP contribution in [0.2, 0.25) is 0 Å². The summed E-state index contributed by atoms with van der Waals surface area (Å²) in [5.41, 5.74) is 3.00. The van der Waals surface area contributed by atoms with Gasteiger partial charge in [-0.3, -0.25) is 0 Å². The topological polar surface area (TPSA) is 12.0 Å². The van der Waals surface area contributed by atoms with Crippen LogP contribution in [0.15, 0.2) is 11.6 Å². The van der Waals surface area contributed by atoms with E-state index >= 15 is 0 Å². The van der Waals surface area contributed by atoms with Crippen LogP contribution in [0.3, 0.4) is 0 Å². The summed E-state index contributed by atoms with van der Waals surface area (Å²) >= 11 is 0. The lowest BCUT2D eigenvalue weighted by atomic mass is 9.47. The second kappa shape index (κ2) is 8.09. The van der Waals surface area contributed by atoms with E-state index in [1.165, 1.54) is 77.0 Å². The molecule has 7 unspecified atom stereocenters. The average molecular weight is 386 g/mol. The van der Waals surface area contributed by atoms with Crippen LogP contribution in [0.25, 0.3) is 0 Å². The largest absolute Gasteiger partial charge is 0.317 e. The fraction of sp³-hybridized carbons (Fsp3) is 0.926. The van der Waals surface area contributed by atoms with Gasteiger partial charge in [0, 0.05) is 6.04 Å². The Morgan fingerprint density at radius 1 is 1.04 bits per heavy atom. The van der Waals surface area contributed by atoms with Crippen molar-refractivity contribution < 1.29 is 0 Å². The minimum absolute atomic E-state index is 0.521. The predicted octanol–water partition coefficient (Wildman–Crippen LogP) is 7.37. The van der Waals surface area contributed by atoms with Gasteiger partial charge in [-0.25, -0.2) is 0 Å². The number of hydrogen-bond acceptors (Lipinski definition) is 1. The maximum Gasteiger partial charge on any atom is 0.0102 e. The Hall–Kier alpha value is -0.300. The molecule has 0 radical (unpaired) electrons. The van der Waals surface area contributed by atoms with E-state index in [1.54, 1.807) is 0 Å². The molecular formula is C27H47N. The van der Waals surface area contributed by atoms with Gasteiger partial charge in [0.25, 0.3) is 0 Å². The molecule has 1 nitrogen and oxygen atoms in total. The molecule has 3 saturated carbocycles. The van der Waals surface area contributed by atoms with E-state index in [0.717, 1.165) is 35.6 Å². The SMILES string of the molecule is CNC1CCC2(C)C(=CCC3C2CCC2(C)C(CCCCC(C)C)CCC32)C1. The molecule has 7 atom stereocenters. The highest BCUT2D eigenvalue weighted by Crippen LogP contribution is 2.66. The molecule has 28 heavy (non-hydrogen) atoms. The number of hydrogen-bond donors (Lipinski definition) is 1. The van der Waals surface area contributed by atoms with E-state index in [1.807, 2.05) is 5.57 Å². The summed E-state index contributed by atoms with van der Waals surface area (Å²) in [6, 6.07) is 0.728. The van der Waals surface area contributed by atoms with Crippen LogP contribution in [-0.2, 0) is 0 Å². The van der Waals surface area contributed by atoms with E-state index in [4.69, 9.17) is 0 Å². The van der Waals surface area contributed by atoms with Crippen LogP contribution in [0.5, 0.6) is 0 Å². The predicted molar refractivity (Wildman–Crippen MR) is 121 cm³/mol. The normalized spacial score (nSPS) is 45.4. The van der Waals surface area contributed by atoms with Gasteiger partial charge in [0.1, 0.15) is 0 Å². The standard InChI is InChI=1S/C27H47N/c1-19(2)8-6-7-9-20-11-13-24-23-12-10-21-18-22(28-5)14-16-27(21,4)25(23)15-17-26(20,24)3/h10,19-20,22-25,28H,6-9,11-18H2,1-5H3. The van der Waals surface area contributed by atoms with Gasteiger partial charge in [0.05, 0.1) is 0 Å². The summed E-state index contributed by atoms with van der Waals surface area (Å²) in [5, 5.41) is 3.57. The molecule has 0 bridgehead atoms. The first kappa shape index (κ1) is 21.0. The second-order valence-corrected chi connectivity index (χ2v) is 12.0. The molecule has 0 amide bonds. The molecule has 0 aromatic rings. The minimum atomic E-state index is 0.521. The molecule has 0 aromatic carbocycles. The van der Waals surface area contributed by atoms with E-state index in [0.29, 0.717) is 10.8 Å². The molecule has 0 aromatic heterocycles. The number of unbranched alkanes of at least 4 members (excludes halogenated alkanes) is 1. The second-order valence-electron chi connectivity index (χ2n) is 12.0. The van der Waals surface area contributed by atoms with Crippen molar-refractivity contribution in [3.63, 3.8) is 0 Å². The molecule has 1 heteroatoms. The Labute approximate surface area is 175 Å². The average Bonchev–Trinajstić information content (AvgIpc) is 3.01. The van der Waals surface area contributed by atoms with Gasteiger partial charge in [-0.15, -0.1) is 0 Å². The Kier molecular flexibility index (Phi) is 6.05. The highest BCUT2D eigenvalue weighted by Gasteiger charge is 2.58. The molecule has 3 fully saturated rings. The van der Waals surface area contributed by atoms with E-state index < -0.39 is 0 Å². The Morgan fingerprint density at radius 3 is 2.61 bits per heavy atom. The van der Waals surface area contributed by atoms with Gasteiger partial charge < -0.3 is 5.32 Å². The van der Waals surface area contributed by atoms with Crippen molar-refractivity contribution in [1.29, 1.82) is 0 Å². The van der Waals surface area contributed by atoms with Crippen LogP contribution in [0, 0.1) is 40.4 Å². The summed E-state index contributed by atoms with van der Waals surface area (Å²) < 4.78 is 0. The van der Waals surface area contributed by atoms with Crippen LogP contribution in [-0.4, -0.2) is 13.1 Å². The third-order valence-electron chi connectivity index (χ3n) is 10.3. The highest BCUT2D eigenvalue weighted by atomic mass is 14.9. The molecule has 4 rings (SSSR count). The van der Waals surface area contributed by atoms with E-state index in [9.17, 15) is 0 Å². The molecule has 0 aliphatic heterocycles. The lowest BCUT2D eigenvalue weighted by Crippen LogP contribution is -2.51. The lowest BCUT2D eigenvalue weighted by Gasteiger charge is -2.58. The lowest BCUT2D eigenvalue weighted by molar-refractivity contribution is -0.0440. The van der Waals surface area contributed by atoms with Gasteiger partial charge in [-0.2, -0.15) is 0 Å². The number of allylic oxidation sites excluding steroid dienone is 1. The Morgan fingerprint density at radius 2 is 1.86 bits per heavy atom. The van der Waals surface area contributed by atoms with Gasteiger partial charge in [0.2, 0.25) is 0 Å². The van der Waals surface area contributed by atoms with Crippen LogP contribution < -0.4 is 5.32 Å². The Balaban J connectivity index is 1.45. The monoisotopic (exact) mass is 385 g/mol. The highest BCUT2D eigenvalue weighted by molar-refractivity contribution is 5.25. The maximum atomic E-state index is 3.57. The molecule has 0 heterocycles. The number of fused-ring (bicyclic) bond motifs is 5. The van der Waals surface area contributed by atoms with E-state index in [2.05, 4.69) is 46.1 Å². The smallest absolute Gasteiger partial charge is 0.0102 e. The quantitative estimate of drug-likeness (QED) is 0.372. The molecule has 160 valence electrons. The van der Waals surface area contributed by atoms with Crippen molar-refractivity contribution in [3.05, 3.63) is 11.6 Å². The van der Waals surface area contributed by atoms with Crippen molar-refractivity contribution in [2.24, 2.45) is 40.4 Å². The van der Waals surface area contributed by atoms with Crippen molar-refractivity contribution in [2.75, 3.05) is 7.05 Å². The molecule has 4 aliphatic rings. The molecule has 0 spiro atoms. The zero-order valence-corrected chi connectivity index (χ0v) is 19.5. The van der Waals surface area contributed by atoms with Crippen molar-refractivity contribution in [2.45, 2.75) is 111 Å². The summed E-state index contributed by atoms with van der Waals surface area (Å²) in [7, 11) is 2.16. The first-order valence-corrected chi connectivity index (χ1v) is 12.7. The third-order valence-corrected chi connectivity index (χ3v) is 10.3. The first-order chi connectivity index (χ1) is 13.4. The summed E-state index contributed by atoms with van der Waals surface area (Å²) in [6.07, 6.45) is 20.2. The van der Waals surface area contributed by atoms with Crippen LogP contribution in [0.4, 0.5) is 0 Å². The molecular weight excluding hydrogens is 338 g/mol. The first-order valence-electron chi connectivity index (χ1n) is 12.7. The van der Waals surface area contributed by atoms with Crippen LogP contribution >= 0.6 is 0 Å². The zero-order valence-electron chi connectivity index (χ0n) is 19.5. The zero-order chi connectivity index (χ0) is 19.9. The van der Waals surface area contributed by atoms with Crippen molar-refractivity contribution >= 4 is 0 Å². The number of rotatable bonds is 6. The fourth-order valence-corrected chi connectivity index (χ4v) is 8.43. The van der Waals surface area contributed by atoms with Crippen LogP contribution in [0.1, 0.15) is 105 Å². The maximum absolute atomic E-state index is 3.57. The van der Waals surface area contributed by atoms with Crippen molar-refractivity contribution in [3.8, 4) is 0 Å². The molecule has 1 N–H and O–H groups in total. The number of nitrogens with one attached hydrogen (secondary N) is 1. The minimum Gasteiger partial charge on any atom is -0.317 e. The van der Waals surface area contributed by atoms with Gasteiger partial charge in [0.15, 0.2) is 0 Å². The van der Waals surface area contributed by atoms with E-state index in [-0.39, 0.29) is 0 Å². The Bertz CT molecular complexity index is 577. The third kappa shape index (κ3) is 3.52. The summed E-state index contributed by atoms with van der Waals surface area (Å²) in [4.78, 5) is 0. The van der Waals surface area contributed by atoms with Gasteiger partial charge in [-0.05, 0) is 105 Å². The molecule has 4 aliphatic carbocycles. The van der Waals surface area contributed by atoms with Gasteiger partial charge in [-0.1, -0.05) is 58.6 Å². The van der Waals surface area contributed by atoms with Gasteiger partial charge >= 0.3 is 0 Å². The fourth-order valence-electron chi connectivity index (χ4n) is 8.43. The summed E-state index contributed by atoms with van der Waals surface area (Å²) in [6.45, 7) is 10.1. The van der Waals surface area contributed by atoms with Crippen molar-refractivity contribution in [1.82, 2.24) is 5.32 Å². The summed E-state index contributed by atoms with van der Waals surface area (Å²) in [5.74, 6) is 4.87. The molecule has 0 saturated heterocycles.